The Labute approximate surface area is 164 Å². The zero-order valence-electron chi connectivity index (χ0n) is 15.5. The first-order chi connectivity index (χ1) is 13.6. The fraction of sp³-hybridized carbons (Fsp3) is 0.0800. The number of carbonyl (C=O) groups is 1. The van der Waals surface area contributed by atoms with Crippen LogP contribution in [0.1, 0.15) is 40.1 Å². The second-order valence-corrected chi connectivity index (χ2v) is 6.36. The highest BCUT2D eigenvalue weighted by atomic mass is 16.3. The van der Waals surface area contributed by atoms with Crippen LogP contribution in [-0.2, 0) is 0 Å². The number of hydrogen-bond donors (Lipinski definition) is 1. The van der Waals surface area contributed by atoms with Gasteiger partial charge in [0.1, 0.15) is 6.10 Å². The minimum atomic E-state index is -0.978. The van der Waals surface area contributed by atoms with E-state index in [-0.39, 0.29) is 5.78 Å². The molecule has 3 heteroatoms. The minimum Gasteiger partial charge on any atom is -0.383 e. The van der Waals surface area contributed by atoms with E-state index in [1.54, 1.807) is 43.3 Å². The van der Waals surface area contributed by atoms with Gasteiger partial charge in [-0.05, 0) is 30.2 Å². The number of aliphatic hydroxyl groups excluding tert-OH is 1. The molecular weight excluding hydrogens is 346 g/mol. The highest BCUT2D eigenvalue weighted by molar-refractivity contribution is 6.08. The fourth-order valence-electron chi connectivity index (χ4n) is 2.89. The summed E-state index contributed by atoms with van der Waals surface area (Å²) in [6, 6.07) is 27.2. The Balaban J connectivity index is 2.10. The molecule has 0 radical (unpaired) electrons. The molecular formula is C25H19NO2. The monoisotopic (exact) mass is 365 g/mol. The third kappa shape index (κ3) is 4.34. The van der Waals surface area contributed by atoms with Gasteiger partial charge < -0.3 is 5.11 Å². The van der Waals surface area contributed by atoms with Crippen molar-refractivity contribution in [2.75, 3.05) is 0 Å². The van der Waals surface area contributed by atoms with Crippen molar-refractivity contribution in [2.45, 2.75) is 13.0 Å². The van der Waals surface area contributed by atoms with E-state index in [2.05, 4.69) is 11.8 Å². The molecule has 136 valence electrons. The van der Waals surface area contributed by atoms with Gasteiger partial charge in [0.25, 0.3) is 0 Å². The lowest BCUT2D eigenvalue weighted by atomic mass is 9.94. The maximum Gasteiger partial charge on any atom is 0.196 e. The Morgan fingerprint density at radius 3 is 1.93 bits per heavy atom. The van der Waals surface area contributed by atoms with Crippen LogP contribution in [0.25, 0.3) is 5.57 Å². The van der Waals surface area contributed by atoms with Crippen LogP contribution >= 0.6 is 0 Å². The van der Waals surface area contributed by atoms with Gasteiger partial charge in [-0.25, -0.2) is 0 Å². The van der Waals surface area contributed by atoms with Crippen molar-refractivity contribution in [2.24, 2.45) is 0 Å². The van der Waals surface area contributed by atoms with Crippen LogP contribution in [0.5, 0.6) is 0 Å². The van der Waals surface area contributed by atoms with E-state index < -0.39 is 6.10 Å². The lowest BCUT2D eigenvalue weighted by molar-refractivity contribution is 0.103. The van der Waals surface area contributed by atoms with Crippen molar-refractivity contribution in [1.82, 2.24) is 0 Å². The predicted molar refractivity (Wildman–Crippen MR) is 109 cm³/mol. The third-order valence-electron chi connectivity index (χ3n) is 4.41. The van der Waals surface area contributed by atoms with Gasteiger partial charge in [-0.15, -0.1) is 5.73 Å². The van der Waals surface area contributed by atoms with E-state index in [4.69, 9.17) is 5.26 Å². The summed E-state index contributed by atoms with van der Waals surface area (Å²) >= 11 is 0. The second-order valence-electron chi connectivity index (χ2n) is 6.36. The molecule has 28 heavy (non-hydrogen) atoms. The van der Waals surface area contributed by atoms with Crippen molar-refractivity contribution >= 4 is 11.4 Å². The molecule has 0 saturated heterocycles. The molecule has 0 spiro atoms. The highest BCUT2D eigenvalue weighted by Crippen LogP contribution is 2.30. The fourth-order valence-corrected chi connectivity index (χ4v) is 2.89. The smallest absolute Gasteiger partial charge is 0.196 e. The Morgan fingerprint density at radius 2 is 1.39 bits per heavy atom. The first kappa shape index (κ1) is 19.1. The van der Waals surface area contributed by atoms with E-state index in [0.717, 1.165) is 5.56 Å². The summed E-state index contributed by atoms with van der Waals surface area (Å²) in [5.41, 5.74) is 6.55. The number of aliphatic hydroxyl groups is 1. The summed E-state index contributed by atoms with van der Waals surface area (Å²) in [5.74, 6) is -0.138. The Hall–Kier alpha value is -3.70. The molecule has 3 nitrogen and oxygen atoms in total. The van der Waals surface area contributed by atoms with Crippen molar-refractivity contribution in [3.05, 3.63) is 118 Å². The number of ketones is 1. The van der Waals surface area contributed by atoms with Crippen molar-refractivity contribution in [3.8, 4) is 6.07 Å². The molecule has 1 atom stereocenters. The molecule has 0 fully saturated rings. The van der Waals surface area contributed by atoms with Crippen LogP contribution in [-0.4, -0.2) is 10.9 Å². The molecule has 3 aromatic carbocycles. The molecule has 0 heterocycles. The quantitative estimate of drug-likeness (QED) is 0.388. The number of carbonyl (C=O) groups excluding carboxylic acids is 1. The molecule has 3 aromatic rings. The summed E-state index contributed by atoms with van der Waals surface area (Å²) in [6.07, 6.45) is -0.978. The topological polar surface area (TPSA) is 61.1 Å². The molecule has 0 bridgehead atoms. The van der Waals surface area contributed by atoms with E-state index in [9.17, 15) is 9.90 Å². The predicted octanol–water partition coefficient (Wildman–Crippen LogP) is 5.10. The largest absolute Gasteiger partial charge is 0.383 e. The van der Waals surface area contributed by atoms with Gasteiger partial charge in [0.15, 0.2) is 5.78 Å². The molecule has 0 aromatic heterocycles. The maximum atomic E-state index is 12.7. The average molecular weight is 365 g/mol. The van der Waals surface area contributed by atoms with Gasteiger partial charge in [-0.3, -0.25) is 4.79 Å². The first-order valence-corrected chi connectivity index (χ1v) is 8.91. The van der Waals surface area contributed by atoms with Gasteiger partial charge in [-0.1, -0.05) is 72.8 Å². The SMILES string of the molecule is CC(=C=C(c1ccccc1)C(O)c1ccc(C#N)cc1)C(=O)c1ccccc1. The van der Waals surface area contributed by atoms with Crippen LogP contribution in [0.2, 0.25) is 0 Å². The van der Waals surface area contributed by atoms with E-state index in [1.807, 2.05) is 48.5 Å². The molecule has 0 aliphatic carbocycles. The van der Waals surface area contributed by atoms with Crippen molar-refractivity contribution < 1.29 is 9.90 Å². The third-order valence-corrected chi connectivity index (χ3v) is 4.41. The highest BCUT2D eigenvalue weighted by Gasteiger charge is 2.17. The van der Waals surface area contributed by atoms with Gasteiger partial charge >= 0.3 is 0 Å². The number of nitrogens with zero attached hydrogens (tertiary/aromatic N) is 1. The summed E-state index contributed by atoms with van der Waals surface area (Å²) in [5, 5.41) is 20.0. The zero-order chi connectivity index (χ0) is 19.9. The van der Waals surface area contributed by atoms with Crippen LogP contribution in [0.4, 0.5) is 0 Å². The molecule has 1 unspecified atom stereocenters. The van der Waals surface area contributed by atoms with E-state index in [1.165, 1.54) is 0 Å². The number of nitriles is 1. The van der Waals surface area contributed by atoms with Gasteiger partial charge in [-0.2, -0.15) is 5.26 Å². The molecule has 0 aliphatic rings. The van der Waals surface area contributed by atoms with E-state index in [0.29, 0.717) is 27.8 Å². The van der Waals surface area contributed by atoms with Gasteiger partial charge in [0, 0.05) is 16.7 Å². The number of hydrogen-bond acceptors (Lipinski definition) is 3. The number of benzene rings is 3. The lowest BCUT2D eigenvalue weighted by Gasteiger charge is -2.14. The first-order valence-electron chi connectivity index (χ1n) is 8.91. The summed E-state index contributed by atoms with van der Waals surface area (Å²) < 4.78 is 0. The second kappa shape index (κ2) is 8.79. The minimum absolute atomic E-state index is 0.138. The van der Waals surface area contributed by atoms with Crippen LogP contribution < -0.4 is 0 Å². The Bertz CT molecular complexity index is 1070. The van der Waals surface area contributed by atoms with Crippen LogP contribution in [0, 0.1) is 11.3 Å². The standard InChI is InChI=1S/C25H19NO2/c1-18(24(27)21-10-6-3-7-11-21)16-23(20-8-4-2-5-9-20)25(28)22-14-12-19(17-26)13-15-22/h2-15,25,28H,1H3. The van der Waals surface area contributed by atoms with Gasteiger partial charge in [0.05, 0.1) is 11.6 Å². The number of rotatable bonds is 5. The van der Waals surface area contributed by atoms with Crippen LogP contribution in [0.3, 0.4) is 0 Å². The summed E-state index contributed by atoms with van der Waals surface area (Å²) in [7, 11) is 0. The molecule has 1 N–H and O–H groups in total. The lowest BCUT2D eigenvalue weighted by Crippen LogP contribution is -2.03. The molecule has 0 amide bonds. The molecule has 3 rings (SSSR count). The molecule has 0 aliphatic heterocycles. The zero-order valence-corrected chi connectivity index (χ0v) is 15.5. The Morgan fingerprint density at radius 1 is 0.857 bits per heavy atom. The van der Waals surface area contributed by atoms with E-state index >= 15 is 0 Å². The average Bonchev–Trinajstić information content (AvgIpc) is 2.77. The number of Topliss-reactive ketones (excluding diaryl/α,β-unsaturated/α-hetero) is 1. The molecule has 0 saturated carbocycles. The van der Waals surface area contributed by atoms with Crippen LogP contribution in [0.15, 0.2) is 96.2 Å². The summed E-state index contributed by atoms with van der Waals surface area (Å²) in [4.78, 5) is 12.7. The van der Waals surface area contributed by atoms with Crippen molar-refractivity contribution in [3.63, 3.8) is 0 Å². The van der Waals surface area contributed by atoms with Gasteiger partial charge in [0.2, 0.25) is 0 Å². The Kier molecular flexibility index (Phi) is 5.99. The van der Waals surface area contributed by atoms with Crippen molar-refractivity contribution in [1.29, 1.82) is 5.26 Å². The summed E-state index contributed by atoms with van der Waals surface area (Å²) in [6.45, 7) is 1.70. The normalized spacial score (nSPS) is 11.0. The maximum absolute atomic E-state index is 12.7.